The molecule has 0 aliphatic heterocycles. The van der Waals surface area contributed by atoms with Crippen molar-refractivity contribution in [3.05, 3.63) is 0 Å². The summed E-state index contributed by atoms with van der Waals surface area (Å²) < 4.78 is 0. The van der Waals surface area contributed by atoms with Crippen LogP contribution in [0.1, 0.15) is 39.0 Å². The van der Waals surface area contributed by atoms with E-state index in [1.165, 1.54) is 6.42 Å². The standard InChI is InChI=1S/C8H15NO2/c1-7(9-11)8(10)5-3-2-4-6-8/h10-11H,2-6H2,1H3. The Labute approximate surface area is 66.7 Å². The predicted molar refractivity (Wildman–Crippen MR) is 42.9 cm³/mol. The van der Waals surface area contributed by atoms with E-state index in [1.807, 2.05) is 0 Å². The van der Waals surface area contributed by atoms with E-state index in [2.05, 4.69) is 5.16 Å². The number of oxime groups is 1. The molecule has 64 valence electrons. The molecular weight excluding hydrogens is 142 g/mol. The van der Waals surface area contributed by atoms with Crippen LogP contribution in [0.4, 0.5) is 0 Å². The minimum absolute atomic E-state index is 0.456. The molecule has 0 heterocycles. The fraction of sp³-hybridized carbons (Fsp3) is 0.875. The number of hydrogen-bond donors (Lipinski definition) is 2. The molecule has 1 aliphatic rings. The van der Waals surface area contributed by atoms with Crippen molar-refractivity contribution >= 4 is 5.71 Å². The van der Waals surface area contributed by atoms with Gasteiger partial charge in [0, 0.05) is 0 Å². The third kappa shape index (κ3) is 1.71. The van der Waals surface area contributed by atoms with Crippen molar-refractivity contribution < 1.29 is 10.3 Å². The molecule has 1 aliphatic carbocycles. The van der Waals surface area contributed by atoms with Crippen molar-refractivity contribution in [3.63, 3.8) is 0 Å². The topological polar surface area (TPSA) is 52.8 Å². The largest absolute Gasteiger partial charge is 0.411 e. The van der Waals surface area contributed by atoms with Gasteiger partial charge >= 0.3 is 0 Å². The minimum Gasteiger partial charge on any atom is -0.411 e. The van der Waals surface area contributed by atoms with Crippen molar-refractivity contribution in [2.75, 3.05) is 0 Å². The monoisotopic (exact) mass is 157 g/mol. The van der Waals surface area contributed by atoms with Crippen molar-refractivity contribution in [3.8, 4) is 0 Å². The van der Waals surface area contributed by atoms with Gasteiger partial charge in [-0.2, -0.15) is 0 Å². The number of aliphatic hydroxyl groups is 1. The lowest BCUT2D eigenvalue weighted by atomic mass is 9.82. The molecule has 3 nitrogen and oxygen atoms in total. The maximum absolute atomic E-state index is 9.85. The summed E-state index contributed by atoms with van der Waals surface area (Å²) in [6.07, 6.45) is 4.72. The fourth-order valence-corrected chi connectivity index (χ4v) is 1.59. The smallest absolute Gasteiger partial charge is 0.106 e. The van der Waals surface area contributed by atoms with E-state index < -0.39 is 5.60 Å². The lowest BCUT2D eigenvalue weighted by Crippen LogP contribution is -2.38. The summed E-state index contributed by atoms with van der Waals surface area (Å²) >= 11 is 0. The molecule has 0 aromatic heterocycles. The van der Waals surface area contributed by atoms with E-state index in [1.54, 1.807) is 6.92 Å². The van der Waals surface area contributed by atoms with Crippen LogP contribution in [0.5, 0.6) is 0 Å². The highest BCUT2D eigenvalue weighted by molar-refractivity contribution is 5.89. The maximum Gasteiger partial charge on any atom is 0.106 e. The second-order valence-electron chi connectivity index (χ2n) is 3.28. The van der Waals surface area contributed by atoms with E-state index in [0.717, 1.165) is 25.7 Å². The zero-order valence-corrected chi connectivity index (χ0v) is 6.88. The Hall–Kier alpha value is -0.570. The first kappa shape index (κ1) is 8.53. The molecule has 3 heteroatoms. The Kier molecular flexibility index (Phi) is 2.49. The molecule has 0 amide bonds. The molecular formula is C8H15NO2. The van der Waals surface area contributed by atoms with Gasteiger partial charge in [0.05, 0.1) is 5.71 Å². The summed E-state index contributed by atoms with van der Waals surface area (Å²) in [5, 5.41) is 21.4. The van der Waals surface area contributed by atoms with E-state index >= 15 is 0 Å². The second kappa shape index (κ2) is 3.22. The van der Waals surface area contributed by atoms with Crippen molar-refractivity contribution in [2.45, 2.75) is 44.6 Å². The van der Waals surface area contributed by atoms with Crippen LogP contribution in [-0.4, -0.2) is 21.6 Å². The summed E-state index contributed by atoms with van der Waals surface area (Å²) in [7, 11) is 0. The van der Waals surface area contributed by atoms with Gasteiger partial charge in [-0.25, -0.2) is 0 Å². The predicted octanol–water partition coefficient (Wildman–Crippen LogP) is 1.53. The second-order valence-corrected chi connectivity index (χ2v) is 3.28. The Morgan fingerprint density at radius 3 is 2.27 bits per heavy atom. The highest BCUT2D eigenvalue weighted by Crippen LogP contribution is 2.28. The summed E-state index contributed by atoms with van der Waals surface area (Å²) in [6, 6.07) is 0. The maximum atomic E-state index is 9.85. The molecule has 1 rings (SSSR count). The molecule has 0 unspecified atom stereocenters. The highest BCUT2D eigenvalue weighted by atomic mass is 16.4. The van der Waals surface area contributed by atoms with Crippen LogP contribution in [-0.2, 0) is 0 Å². The Morgan fingerprint density at radius 1 is 1.27 bits per heavy atom. The molecule has 0 aromatic carbocycles. The van der Waals surface area contributed by atoms with Gasteiger partial charge in [-0.1, -0.05) is 24.4 Å². The van der Waals surface area contributed by atoms with E-state index in [-0.39, 0.29) is 0 Å². The summed E-state index contributed by atoms with van der Waals surface area (Å²) in [4.78, 5) is 0. The van der Waals surface area contributed by atoms with Crippen LogP contribution in [0, 0.1) is 0 Å². The molecule has 0 atom stereocenters. The summed E-state index contributed by atoms with van der Waals surface area (Å²) in [6.45, 7) is 1.67. The van der Waals surface area contributed by atoms with Gasteiger partial charge in [-0.3, -0.25) is 0 Å². The van der Waals surface area contributed by atoms with E-state index in [9.17, 15) is 5.11 Å². The van der Waals surface area contributed by atoms with Gasteiger partial charge in [0.15, 0.2) is 0 Å². The quantitative estimate of drug-likeness (QED) is 0.344. The van der Waals surface area contributed by atoms with E-state index in [4.69, 9.17) is 5.21 Å². The first-order valence-corrected chi connectivity index (χ1v) is 4.10. The molecule has 1 fully saturated rings. The van der Waals surface area contributed by atoms with Crippen molar-refractivity contribution in [1.82, 2.24) is 0 Å². The van der Waals surface area contributed by atoms with Crippen LogP contribution in [0.15, 0.2) is 5.16 Å². The van der Waals surface area contributed by atoms with Gasteiger partial charge in [0.1, 0.15) is 5.60 Å². The molecule has 0 saturated heterocycles. The van der Waals surface area contributed by atoms with Gasteiger partial charge < -0.3 is 10.3 Å². The molecule has 0 aromatic rings. The van der Waals surface area contributed by atoms with Crippen LogP contribution in [0.3, 0.4) is 0 Å². The fourth-order valence-electron chi connectivity index (χ4n) is 1.59. The third-order valence-electron chi connectivity index (χ3n) is 2.50. The Balaban J connectivity index is 2.64. The lowest BCUT2D eigenvalue weighted by Gasteiger charge is -2.30. The third-order valence-corrected chi connectivity index (χ3v) is 2.50. The van der Waals surface area contributed by atoms with Crippen molar-refractivity contribution in [2.24, 2.45) is 5.16 Å². The van der Waals surface area contributed by atoms with Crippen LogP contribution in [0.2, 0.25) is 0 Å². The number of rotatable bonds is 1. The van der Waals surface area contributed by atoms with Gasteiger partial charge in [0.2, 0.25) is 0 Å². The summed E-state index contributed by atoms with van der Waals surface area (Å²) in [5.74, 6) is 0. The van der Waals surface area contributed by atoms with Gasteiger partial charge in [-0.15, -0.1) is 0 Å². The van der Waals surface area contributed by atoms with E-state index in [0.29, 0.717) is 5.71 Å². The van der Waals surface area contributed by atoms with Crippen LogP contribution >= 0.6 is 0 Å². The summed E-state index contributed by atoms with van der Waals surface area (Å²) in [5.41, 5.74) is -0.357. The average Bonchev–Trinajstić information content (AvgIpc) is 2.04. The van der Waals surface area contributed by atoms with Gasteiger partial charge in [-0.05, 0) is 19.8 Å². The average molecular weight is 157 g/mol. The number of hydrogen-bond acceptors (Lipinski definition) is 3. The first-order chi connectivity index (χ1) is 5.19. The first-order valence-electron chi connectivity index (χ1n) is 4.10. The molecule has 0 radical (unpaired) electrons. The zero-order chi connectivity index (χ0) is 8.32. The Morgan fingerprint density at radius 2 is 1.82 bits per heavy atom. The lowest BCUT2D eigenvalue weighted by molar-refractivity contribution is 0.0668. The minimum atomic E-state index is -0.812. The molecule has 0 bridgehead atoms. The SMILES string of the molecule is CC(=NO)C1(O)CCCCC1. The van der Waals surface area contributed by atoms with Crippen LogP contribution in [0.25, 0.3) is 0 Å². The molecule has 11 heavy (non-hydrogen) atoms. The number of nitrogens with zero attached hydrogens (tertiary/aromatic N) is 1. The molecule has 1 saturated carbocycles. The Bertz CT molecular complexity index is 159. The molecule has 2 N–H and O–H groups in total. The normalized spacial score (nSPS) is 25.1. The molecule has 0 spiro atoms. The zero-order valence-electron chi connectivity index (χ0n) is 6.88. The van der Waals surface area contributed by atoms with Crippen molar-refractivity contribution in [1.29, 1.82) is 0 Å². The van der Waals surface area contributed by atoms with Crippen LogP contribution < -0.4 is 0 Å². The van der Waals surface area contributed by atoms with Gasteiger partial charge in [0.25, 0.3) is 0 Å². The highest BCUT2D eigenvalue weighted by Gasteiger charge is 2.32.